The van der Waals surface area contributed by atoms with E-state index in [2.05, 4.69) is 10.2 Å². The third-order valence-corrected chi connectivity index (χ3v) is 3.22. The van der Waals surface area contributed by atoms with Crippen molar-refractivity contribution in [2.24, 2.45) is 0 Å². The van der Waals surface area contributed by atoms with Gasteiger partial charge < -0.3 is 10.4 Å². The lowest BCUT2D eigenvalue weighted by atomic mass is 10.1. The molecule has 2 aliphatic rings. The van der Waals surface area contributed by atoms with E-state index in [-0.39, 0.29) is 0 Å². The van der Waals surface area contributed by atoms with Gasteiger partial charge in [-0.1, -0.05) is 0 Å². The Kier molecular flexibility index (Phi) is 2.82. The number of aliphatic hydroxyl groups is 1. The Labute approximate surface area is 86.5 Å². The van der Waals surface area contributed by atoms with E-state index in [9.17, 15) is 5.11 Å². The SMILES string of the molecule is CC(C)(O)CN1CC[C@H]2CC[C@@H](C1)N2. The third kappa shape index (κ3) is 2.69. The molecule has 0 saturated carbocycles. The molecule has 2 rings (SSSR count). The van der Waals surface area contributed by atoms with Crippen LogP contribution in [0.2, 0.25) is 0 Å². The molecule has 2 bridgehead atoms. The summed E-state index contributed by atoms with van der Waals surface area (Å²) in [5.74, 6) is 0. The molecule has 0 aromatic carbocycles. The second-order valence-corrected chi connectivity index (χ2v) is 5.47. The lowest BCUT2D eigenvalue weighted by Gasteiger charge is -2.29. The van der Waals surface area contributed by atoms with Gasteiger partial charge in [-0.3, -0.25) is 4.90 Å². The van der Waals surface area contributed by atoms with Gasteiger partial charge in [0.2, 0.25) is 0 Å². The van der Waals surface area contributed by atoms with Crippen LogP contribution in [0.1, 0.15) is 33.1 Å². The van der Waals surface area contributed by atoms with E-state index >= 15 is 0 Å². The Balaban J connectivity index is 1.89. The number of likely N-dealkylation sites (tertiary alicyclic amines) is 1. The Morgan fingerprint density at radius 2 is 2.00 bits per heavy atom. The average molecular weight is 198 g/mol. The van der Waals surface area contributed by atoms with Crippen molar-refractivity contribution in [3.8, 4) is 0 Å². The molecule has 2 atom stereocenters. The minimum atomic E-state index is -0.552. The van der Waals surface area contributed by atoms with Gasteiger partial charge in [-0.25, -0.2) is 0 Å². The molecule has 0 unspecified atom stereocenters. The lowest BCUT2D eigenvalue weighted by Crippen LogP contribution is -2.43. The van der Waals surface area contributed by atoms with E-state index in [4.69, 9.17) is 0 Å². The van der Waals surface area contributed by atoms with Gasteiger partial charge in [-0.15, -0.1) is 0 Å². The molecule has 0 amide bonds. The van der Waals surface area contributed by atoms with Crippen molar-refractivity contribution in [2.45, 2.75) is 50.8 Å². The van der Waals surface area contributed by atoms with Gasteiger partial charge in [0, 0.05) is 25.2 Å². The first kappa shape index (κ1) is 10.4. The highest BCUT2D eigenvalue weighted by Crippen LogP contribution is 2.21. The second-order valence-electron chi connectivity index (χ2n) is 5.47. The normalized spacial score (nSPS) is 34.5. The first-order valence-corrected chi connectivity index (χ1v) is 5.74. The third-order valence-electron chi connectivity index (χ3n) is 3.22. The Morgan fingerprint density at radius 3 is 2.71 bits per heavy atom. The summed E-state index contributed by atoms with van der Waals surface area (Å²) in [7, 11) is 0. The number of nitrogens with one attached hydrogen (secondary N) is 1. The molecular formula is C11H22N2O. The Morgan fingerprint density at radius 1 is 1.29 bits per heavy atom. The van der Waals surface area contributed by atoms with E-state index in [0.717, 1.165) is 25.7 Å². The molecule has 0 spiro atoms. The molecule has 2 saturated heterocycles. The minimum absolute atomic E-state index is 0.552. The predicted molar refractivity (Wildman–Crippen MR) is 57.3 cm³/mol. The molecule has 2 heterocycles. The molecule has 82 valence electrons. The summed E-state index contributed by atoms with van der Waals surface area (Å²) in [5, 5.41) is 13.4. The number of nitrogens with zero attached hydrogens (tertiary/aromatic N) is 1. The number of fused-ring (bicyclic) bond motifs is 2. The zero-order valence-electron chi connectivity index (χ0n) is 9.29. The highest BCUT2D eigenvalue weighted by molar-refractivity contribution is 4.90. The van der Waals surface area contributed by atoms with Crippen LogP contribution in [0.5, 0.6) is 0 Å². The first-order chi connectivity index (χ1) is 6.53. The quantitative estimate of drug-likeness (QED) is 0.681. The first-order valence-electron chi connectivity index (χ1n) is 5.74. The van der Waals surface area contributed by atoms with Crippen molar-refractivity contribution in [2.75, 3.05) is 19.6 Å². The maximum atomic E-state index is 9.77. The van der Waals surface area contributed by atoms with Crippen LogP contribution in [0.15, 0.2) is 0 Å². The van der Waals surface area contributed by atoms with Crippen LogP contribution in [0.4, 0.5) is 0 Å². The Bertz CT molecular complexity index is 200. The fourth-order valence-corrected chi connectivity index (χ4v) is 2.71. The summed E-state index contributed by atoms with van der Waals surface area (Å²) in [6, 6.07) is 1.41. The summed E-state index contributed by atoms with van der Waals surface area (Å²) in [5.41, 5.74) is -0.552. The van der Waals surface area contributed by atoms with Gasteiger partial charge in [0.25, 0.3) is 0 Å². The maximum absolute atomic E-state index is 9.77. The van der Waals surface area contributed by atoms with Crippen molar-refractivity contribution in [3.05, 3.63) is 0 Å². The molecule has 0 aliphatic carbocycles. The monoisotopic (exact) mass is 198 g/mol. The molecule has 2 aliphatic heterocycles. The number of β-amino-alcohol motifs (C(OH)–C–C–N with tert-alkyl or cyclic N) is 1. The van der Waals surface area contributed by atoms with Gasteiger partial charge in [-0.05, 0) is 39.7 Å². The van der Waals surface area contributed by atoms with Crippen molar-refractivity contribution < 1.29 is 5.11 Å². The highest BCUT2D eigenvalue weighted by atomic mass is 16.3. The van der Waals surface area contributed by atoms with E-state index in [1.807, 2.05) is 13.8 Å². The van der Waals surface area contributed by atoms with Gasteiger partial charge in [0.15, 0.2) is 0 Å². The fraction of sp³-hybridized carbons (Fsp3) is 1.00. The van der Waals surface area contributed by atoms with Crippen molar-refractivity contribution in [1.82, 2.24) is 10.2 Å². The largest absolute Gasteiger partial charge is 0.389 e. The molecule has 3 nitrogen and oxygen atoms in total. The van der Waals surface area contributed by atoms with Crippen LogP contribution in [-0.2, 0) is 0 Å². The van der Waals surface area contributed by atoms with E-state index < -0.39 is 5.60 Å². The zero-order valence-corrected chi connectivity index (χ0v) is 9.29. The molecular weight excluding hydrogens is 176 g/mol. The van der Waals surface area contributed by atoms with Crippen molar-refractivity contribution in [1.29, 1.82) is 0 Å². The van der Waals surface area contributed by atoms with Crippen LogP contribution in [0, 0.1) is 0 Å². The number of rotatable bonds is 2. The van der Waals surface area contributed by atoms with Gasteiger partial charge >= 0.3 is 0 Å². The molecule has 3 heteroatoms. The molecule has 2 fully saturated rings. The fourth-order valence-electron chi connectivity index (χ4n) is 2.71. The molecule has 14 heavy (non-hydrogen) atoms. The average Bonchev–Trinajstić information content (AvgIpc) is 2.35. The van der Waals surface area contributed by atoms with Crippen molar-refractivity contribution >= 4 is 0 Å². The maximum Gasteiger partial charge on any atom is 0.0718 e. The van der Waals surface area contributed by atoms with Gasteiger partial charge in [-0.2, -0.15) is 0 Å². The van der Waals surface area contributed by atoms with Gasteiger partial charge in [0.05, 0.1) is 5.60 Å². The van der Waals surface area contributed by atoms with E-state index in [1.54, 1.807) is 0 Å². The smallest absolute Gasteiger partial charge is 0.0718 e. The van der Waals surface area contributed by atoms with Gasteiger partial charge in [0.1, 0.15) is 0 Å². The van der Waals surface area contributed by atoms with Crippen LogP contribution in [-0.4, -0.2) is 47.3 Å². The topological polar surface area (TPSA) is 35.5 Å². The van der Waals surface area contributed by atoms with E-state index in [0.29, 0.717) is 6.04 Å². The van der Waals surface area contributed by atoms with Crippen LogP contribution >= 0.6 is 0 Å². The molecule has 0 aromatic rings. The van der Waals surface area contributed by atoms with Crippen LogP contribution < -0.4 is 5.32 Å². The summed E-state index contributed by atoms with van der Waals surface area (Å²) in [4.78, 5) is 2.40. The summed E-state index contributed by atoms with van der Waals surface area (Å²) in [6.45, 7) is 6.84. The van der Waals surface area contributed by atoms with Crippen molar-refractivity contribution in [3.63, 3.8) is 0 Å². The molecule has 2 N–H and O–H groups in total. The van der Waals surface area contributed by atoms with Crippen LogP contribution in [0.3, 0.4) is 0 Å². The minimum Gasteiger partial charge on any atom is -0.389 e. The summed E-state index contributed by atoms with van der Waals surface area (Å²) in [6.07, 6.45) is 3.90. The number of hydrogen-bond acceptors (Lipinski definition) is 3. The predicted octanol–water partition coefficient (Wildman–Crippen LogP) is 0.584. The standard InChI is InChI=1S/C11H22N2O/c1-11(2,14)8-13-6-5-9-3-4-10(7-13)12-9/h9-10,12,14H,3-8H2,1-2H3/t9-,10+/m1/s1. The lowest BCUT2D eigenvalue weighted by molar-refractivity contribution is 0.0349. The summed E-state index contributed by atoms with van der Waals surface area (Å²) < 4.78 is 0. The number of hydrogen-bond donors (Lipinski definition) is 2. The molecule has 0 aromatic heterocycles. The second kappa shape index (κ2) is 3.80. The highest BCUT2D eigenvalue weighted by Gasteiger charge is 2.30. The van der Waals surface area contributed by atoms with E-state index in [1.165, 1.54) is 19.3 Å². The van der Waals surface area contributed by atoms with Crippen LogP contribution in [0.25, 0.3) is 0 Å². The Hall–Kier alpha value is -0.120. The zero-order chi connectivity index (χ0) is 10.2. The summed E-state index contributed by atoms with van der Waals surface area (Å²) >= 11 is 0. The molecule has 0 radical (unpaired) electrons.